The molecule has 0 unspecified atom stereocenters. The van der Waals surface area contributed by atoms with Gasteiger partial charge in [0.25, 0.3) is 5.69 Å². The van der Waals surface area contributed by atoms with E-state index in [9.17, 15) is 18.9 Å². The minimum absolute atomic E-state index is 0.130. The number of para-hydroxylation sites is 2. The maximum absolute atomic E-state index is 13.0. The molecule has 0 fully saturated rings. The van der Waals surface area contributed by atoms with Crippen LogP contribution >= 0.6 is 0 Å². The molecule has 0 saturated carbocycles. The van der Waals surface area contributed by atoms with Crippen LogP contribution < -0.4 is 5.43 Å². The van der Waals surface area contributed by atoms with E-state index in [1.807, 2.05) is 0 Å². The molecule has 102 valence electrons. The van der Waals surface area contributed by atoms with Gasteiger partial charge in [-0.2, -0.15) is 5.10 Å². The standard InChI is InChI=1S/C13H9F2N3O2/c14-10-6-5-9(7-11(10)15)8-16-17-12-3-1-2-4-13(12)18(19)20/h1-8,17H/b16-8-. The van der Waals surface area contributed by atoms with Gasteiger partial charge in [0.2, 0.25) is 0 Å². The average Bonchev–Trinajstić information content (AvgIpc) is 2.43. The Morgan fingerprint density at radius 2 is 1.90 bits per heavy atom. The van der Waals surface area contributed by atoms with E-state index in [4.69, 9.17) is 0 Å². The van der Waals surface area contributed by atoms with Gasteiger partial charge in [0.15, 0.2) is 11.6 Å². The highest BCUT2D eigenvalue weighted by molar-refractivity contribution is 5.80. The van der Waals surface area contributed by atoms with E-state index in [-0.39, 0.29) is 11.4 Å². The molecule has 0 aliphatic carbocycles. The second kappa shape index (κ2) is 5.87. The van der Waals surface area contributed by atoms with Crippen molar-refractivity contribution in [3.8, 4) is 0 Å². The number of hydrazone groups is 1. The fourth-order valence-electron chi connectivity index (χ4n) is 1.50. The molecule has 0 heterocycles. The summed E-state index contributed by atoms with van der Waals surface area (Å²) in [6.45, 7) is 0. The lowest BCUT2D eigenvalue weighted by Crippen LogP contribution is -1.97. The second-order valence-corrected chi connectivity index (χ2v) is 3.82. The maximum Gasteiger partial charge on any atom is 0.294 e. The van der Waals surface area contributed by atoms with Crippen molar-refractivity contribution < 1.29 is 13.7 Å². The van der Waals surface area contributed by atoms with E-state index in [0.717, 1.165) is 12.1 Å². The lowest BCUT2D eigenvalue weighted by Gasteiger charge is -2.01. The van der Waals surface area contributed by atoms with Crippen molar-refractivity contribution in [2.24, 2.45) is 5.10 Å². The summed E-state index contributed by atoms with van der Waals surface area (Å²) in [5.74, 6) is -1.94. The van der Waals surface area contributed by atoms with Gasteiger partial charge in [-0.1, -0.05) is 18.2 Å². The minimum Gasteiger partial charge on any atom is -0.272 e. The van der Waals surface area contributed by atoms with Crippen LogP contribution in [0.5, 0.6) is 0 Å². The Balaban J connectivity index is 2.14. The van der Waals surface area contributed by atoms with Crippen LogP contribution in [0.25, 0.3) is 0 Å². The highest BCUT2D eigenvalue weighted by Gasteiger charge is 2.10. The second-order valence-electron chi connectivity index (χ2n) is 3.82. The van der Waals surface area contributed by atoms with Crippen molar-refractivity contribution in [3.63, 3.8) is 0 Å². The van der Waals surface area contributed by atoms with Gasteiger partial charge >= 0.3 is 0 Å². The van der Waals surface area contributed by atoms with Crippen LogP contribution in [0, 0.1) is 21.7 Å². The fourth-order valence-corrected chi connectivity index (χ4v) is 1.50. The minimum atomic E-state index is -0.986. The number of hydrogen-bond acceptors (Lipinski definition) is 4. The van der Waals surface area contributed by atoms with Gasteiger partial charge in [0.1, 0.15) is 5.69 Å². The van der Waals surface area contributed by atoms with Crippen molar-refractivity contribution in [1.29, 1.82) is 0 Å². The number of benzene rings is 2. The van der Waals surface area contributed by atoms with E-state index in [0.29, 0.717) is 5.56 Å². The molecule has 2 aromatic carbocycles. The Morgan fingerprint density at radius 3 is 2.60 bits per heavy atom. The largest absolute Gasteiger partial charge is 0.294 e. The van der Waals surface area contributed by atoms with Crippen LogP contribution in [0.2, 0.25) is 0 Å². The zero-order valence-electron chi connectivity index (χ0n) is 10.1. The third-order valence-corrected chi connectivity index (χ3v) is 2.44. The molecule has 0 aromatic heterocycles. The first kappa shape index (κ1) is 13.6. The molecule has 0 saturated heterocycles. The molecule has 0 amide bonds. The summed E-state index contributed by atoms with van der Waals surface area (Å²) in [5.41, 5.74) is 2.89. The summed E-state index contributed by atoms with van der Waals surface area (Å²) in [6, 6.07) is 9.24. The Kier molecular flexibility index (Phi) is 3.99. The number of hydrogen-bond donors (Lipinski definition) is 1. The zero-order valence-corrected chi connectivity index (χ0v) is 10.1. The molecular formula is C13H9F2N3O2. The molecule has 0 atom stereocenters. The molecule has 20 heavy (non-hydrogen) atoms. The smallest absolute Gasteiger partial charge is 0.272 e. The predicted molar refractivity (Wildman–Crippen MR) is 70.7 cm³/mol. The molecule has 0 bridgehead atoms. The third kappa shape index (κ3) is 3.14. The molecule has 0 aliphatic heterocycles. The van der Waals surface area contributed by atoms with Crippen LogP contribution in [0.4, 0.5) is 20.2 Å². The molecule has 2 rings (SSSR count). The SMILES string of the molecule is O=[N+]([O-])c1ccccc1N/N=C\c1ccc(F)c(F)c1. The lowest BCUT2D eigenvalue weighted by atomic mass is 10.2. The highest BCUT2D eigenvalue weighted by atomic mass is 19.2. The first-order valence-electron chi connectivity index (χ1n) is 5.55. The summed E-state index contributed by atoms with van der Waals surface area (Å²) in [7, 11) is 0. The number of anilines is 1. The van der Waals surface area contributed by atoms with Crippen molar-refractivity contribution >= 4 is 17.6 Å². The highest BCUT2D eigenvalue weighted by Crippen LogP contribution is 2.22. The molecule has 0 aliphatic rings. The summed E-state index contributed by atoms with van der Waals surface area (Å²) >= 11 is 0. The lowest BCUT2D eigenvalue weighted by molar-refractivity contribution is -0.384. The van der Waals surface area contributed by atoms with Crippen LogP contribution in [0.3, 0.4) is 0 Å². The Bertz CT molecular complexity index is 674. The van der Waals surface area contributed by atoms with Crippen LogP contribution in [-0.2, 0) is 0 Å². The number of rotatable bonds is 4. The van der Waals surface area contributed by atoms with Crippen molar-refractivity contribution in [3.05, 3.63) is 69.8 Å². The number of nitro groups is 1. The van der Waals surface area contributed by atoms with Gasteiger partial charge in [-0.25, -0.2) is 8.78 Å². The molecule has 7 heteroatoms. The zero-order chi connectivity index (χ0) is 14.5. The topological polar surface area (TPSA) is 67.5 Å². The molecule has 1 N–H and O–H groups in total. The Hall–Kier alpha value is -2.83. The third-order valence-electron chi connectivity index (χ3n) is 2.44. The van der Waals surface area contributed by atoms with E-state index >= 15 is 0 Å². The van der Waals surface area contributed by atoms with Crippen LogP contribution in [0.1, 0.15) is 5.56 Å². The monoisotopic (exact) mass is 277 g/mol. The fraction of sp³-hybridized carbons (Fsp3) is 0. The van der Waals surface area contributed by atoms with Crippen molar-refractivity contribution in [2.75, 3.05) is 5.43 Å². The van der Waals surface area contributed by atoms with Crippen LogP contribution in [0.15, 0.2) is 47.6 Å². The molecule has 5 nitrogen and oxygen atoms in total. The van der Waals surface area contributed by atoms with Crippen molar-refractivity contribution in [1.82, 2.24) is 0 Å². The van der Waals surface area contributed by atoms with E-state index in [2.05, 4.69) is 10.5 Å². The first-order chi connectivity index (χ1) is 9.58. The first-order valence-corrected chi connectivity index (χ1v) is 5.55. The molecule has 0 spiro atoms. The molecular weight excluding hydrogens is 268 g/mol. The molecule has 2 aromatic rings. The van der Waals surface area contributed by atoms with Gasteiger partial charge in [0.05, 0.1) is 11.1 Å². The van der Waals surface area contributed by atoms with Gasteiger partial charge in [0, 0.05) is 6.07 Å². The van der Waals surface area contributed by atoms with Gasteiger partial charge in [-0.15, -0.1) is 0 Å². The summed E-state index contributed by atoms with van der Waals surface area (Å²) in [5, 5.41) is 14.5. The van der Waals surface area contributed by atoms with E-state index < -0.39 is 16.6 Å². The van der Waals surface area contributed by atoms with Gasteiger partial charge < -0.3 is 0 Å². The van der Waals surface area contributed by atoms with Crippen LogP contribution in [-0.4, -0.2) is 11.1 Å². The van der Waals surface area contributed by atoms with Gasteiger partial charge in [-0.3, -0.25) is 15.5 Å². The summed E-state index contributed by atoms with van der Waals surface area (Å²) < 4.78 is 25.7. The average molecular weight is 277 g/mol. The van der Waals surface area contributed by atoms with Crippen molar-refractivity contribution in [2.45, 2.75) is 0 Å². The van der Waals surface area contributed by atoms with Gasteiger partial charge in [-0.05, 0) is 23.8 Å². The molecule has 0 radical (unpaired) electrons. The number of halogens is 2. The number of nitrogens with zero attached hydrogens (tertiary/aromatic N) is 2. The quantitative estimate of drug-likeness (QED) is 0.529. The number of nitro benzene ring substituents is 1. The number of nitrogens with one attached hydrogen (secondary N) is 1. The summed E-state index contributed by atoms with van der Waals surface area (Å²) in [6.07, 6.45) is 1.24. The Morgan fingerprint density at radius 1 is 1.15 bits per heavy atom. The van der Waals surface area contributed by atoms with E-state index in [1.54, 1.807) is 6.07 Å². The van der Waals surface area contributed by atoms with E-state index in [1.165, 1.54) is 30.5 Å². The summed E-state index contributed by atoms with van der Waals surface area (Å²) in [4.78, 5) is 10.2. The normalized spacial score (nSPS) is 10.7. The maximum atomic E-state index is 13.0. The Labute approximate surface area is 112 Å². The predicted octanol–water partition coefficient (Wildman–Crippen LogP) is 3.32.